The normalized spacial score (nSPS) is 15.4. The summed E-state index contributed by atoms with van der Waals surface area (Å²) in [5.74, 6) is 0.739. The molecule has 9 nitrogen and oxygen atoms in total. The number of rotatable bonds is 5. The molecule has 0 bridgehead atoms. The van der Waals surface area contributed by atoms with Crippen LogP contribution in [-0.2, 0) is 14.4 Å². The molecule has 4 aromatic rings. The molecule has 0 radical (unpaired) electrons. The second-order valence-corrected chi connectivity index (χ2v) is 12.0. The smallest absolute Gasteiger partial charge is 0.373 e. The first-order valence-electron chi connectivity index (χ1n) is 11.1. The average molecular weight is 584 g/mol. The number of nitrogens with zero attached hydrogens (tertiary/aromatic N) is 1. The largest absolute Gasteiger partial charge is 0.457 e. The highest BCUT2D eigenvalue weighted by molar-refractivity contribution is 7.29. The van der Waals surface area contributed by atoms with Crippen molar-refractivity contribution in [3.63, 3.8) is 0 Å². The number of thiophene rings is 4. The fraction of sp³-hybridized carbons (Fsp3) is 0.0800. The van der Waals surface area contributed by atoms with Gasteiger partial charge in [0.25, 0.3) is 11.8 Å². The van der Waals surface area contributed by atoms with E-state index in [0.29, 0.717) is 32.9 Å². The van der Waals surface area contributed by atoms with Crippen LogP contribution in [0.15, 0.2) is 54.7 Å². The molecule has 0 spiro atoms. The topological polar surface area (TPSA) is 101 Å². The zero-order chi connectivity index (χ0) is 25.8. The summed E-state index contributed by atoms with van der Waals surface area (Å²) in [5.41, 5.74) is 0. The van der Waals surface area contributed by atoms with Gasteiger partial charge in [-0.3, -0.25) is 9.59 Å². The van der Waals surface area contributed by atoms with E-state index in [2.05, 4.69) is 0 Å². The van der Waals surface area contributed by atoms with Crippen LogP contribution >= 0.6 is 45.3 Å². The van der Waals surface area contributed by atoms with E-state index in [1.807, 2.05) is 23.6 Å². The van der Waals surface area contributed by atoms with Crippen LogP contribution in [0.5, 0.6) is 23.0 Å². The van der Waals surface area contributed by atoms with Gasteiger partial charge in [-0.2, -0.15) is 0 Å². The summed E-state index contributed by atoms with van der Waals surface area (Å²) < 4.78 is 23.0. The molecule has 0 saturated carbocycles. The van der Waals surface area contributed by atoms with Gasteiger partial charge >= 0.3 is 5.97 Å². The molecule has 0 atom stereocenters. The number of carbonyl (C=O) groups is 3. The van der Waals surface area contributed by atoms with Crippen LogP contribution in [0.1, 0.15) is 22.5 Å². The average Bonchev–Trinajstić information content (AvgIpc) is 3.76. The van der Waals surface area contributed by atoms with E-state index in [1.165, 1.54) is 70.4 Å². The SMILES string of the molecule is O=C(ON1C(=O)CCC1=O)c1ccc(-c2ccc(-c3sc(-c4scc5c4OC=CO5)c4c3OC=CO4)s2)s1. The lowest BCUT2D eigenvalue weighted by atomic mass is 10.2. The van der Waals surface area contributed by atoms with Gasteiger partial charge in [-0.1, -0.05) is 0 Å². The number of imide groups is 1. The molecule has 190 valence electrons. The number of carbonyl (C=O) groups excluding carboxylic acids is 3. The number of hydrogen-bond donors (Lipinski definition) is 0. The van der Waals surface area contributed by atoms with Crippen LogP contribution in [0, 0.1) is 0 Å². The van der Waals surface area contributed by atoms with Crippen molar-refractivity contribution < 1.29 is 38.2 Å². The highest BCUT2D eigenvalue weighted by atomic mass is 32.1. The predicted octanol–water partition coefficient (Wildman–Crippen LogP) is 6.64. The molecule has 2 amide bonds. The molecular formula is C25H13NO8S4. The Morgan fingerprint density at radius 3 is 2.13 bits per heavy atom. The Hall–Kier alpha value is -3.91. The molecule has 4 aromatic heterocycles. The molecule has 0 unspecified atom stereocenters. The van der Waals surface area contributed by atoms with Crippen molar-refractivity contribution in [2.24, 2.45) is 0 Å². The van der Waals surface area contributed by atoms with Crippen molar-refractivity contribution in [1.82, 2.24) is 5.06 Å². The van der Waals surface area contributed by atoms with E-state index in [-0.39, 0.29) is 12.8 Å². The van der Waals surface area contributed by atoms with Crippen LogP contribution in [0.2, 0.25) is 0 Å². The number of hydroxylamine groups is 2. The summed E-state index contributed by atoms with van der Waals surface area (Å²) >= 11 is 5.78. The Kier molecular flexibility index (Phi) is 5.58. The van der Waals surface area contributed by atoms with Crippen molar-refractivity contribution in [3.8, 4) is 52.3 Å². The Morgan fingerprint density at radius 2 is 1.34 bits per heavy atom. The molecule has 1 fully saturated rings. The maximum Gasteiger partial charge on any atom is 0.373 e. The maximum atomic E-state index is 12.5. The van der Waals surface area contributed by atoms with Crippen LogP contribution < -0.4 is 18.9 Å². The first-order chi connectivity index (χ1) is 18.6. The quantitative estimate of drug-likeness (QED) is 0.241. The Balaban J connectivity index is 1.18. The second kappa shape index (κ2) is 9.13. The second-order valence-electron chi connectivity index (χ2n) is 7.98. The molecular weight excluding hydrogens is 571 g/mol. The summed E-state index contributed by atoms with van der Waals surface area (Å²) in [6.07, 6.45) is 6.07. The van der Waals surface area contributed by atoms with Gasteiger partial charge in [0.1, 0.15) is 29.9 Å². The summed E-state index contributed by atoms with van der Waals surface area (Å²) in [6.45, 7) is 0. The monoisotopic (exact) mass is 583 g/mol. The van der Waals surface area contributed by atoms with Gasteiger partial charge in [-0.15, -0.1) is 50.4 Å². The zero-order valence-corrected chi connectivity index (χ0v) is 22.2. The van der Waals surface area contributed by atoms with Gasteiger partial charge in [0.2, 0.25) is 0 Å². The maximum absolute atomic E-state index is 12.5. The third-order valence-corrected chi connectivity index (χ3v) is 10.4. The minimum absolute atomic E-state index is 0.0469. The van der Waals surface area contributed by atoms with Crippen molar-refractivity contribution >= 4 is 63.1 Å². The summed E-state index contributed by atoms with van der Waals surface area (Å²) in [6, 6.07) is 7.39. The van der Waals surface area contributed by atoms with Crippen molar-refractivity contribution in [2.75, 3.05) is 0 Å². The summed E-state index contributed by atoms with van der Waals surface area (Å²) in [4.78, 5) is 46.8. The van der Waals surface area contributed by atoms with Crippen LogP contribution in [0.25, 0.3) is 29.3 Å². The third kappa shape index (κ3) is 3.82. The minimum Gasteiger partial charge on any atom is -0.457 e. The number of fused-ring (bicyclic) bond motifs is 2. The highest BCUT2D eigenvalue weighted by Crippen LogP contribution is 2.59. The molecule has 0 aliphatic carbocycles. The van der Waals surface area contributed by atoms with Gasteiger partial charge in [-0.25, -0.2) is 4.79 Å². The summed E-state index contributed by atoms with van der Waals surface area (Å²) in [5, 5.41) is 2.44. The van der Waals surface area contributed by atoms with Crippen LogP contribution in [0.3, 0.4) is 0 Å². The molecule has 3 aliphatic heterocycles. The fourth-order valence-electron chi connectivity index (χ4n) is 3.95. The van der Waals surface area contributed by atoms with E-state index < -0.39 is 17.8 Å². The van der Waals surface area contributed by atoms with E-state index in [9.17, 15) is 14.4 Å². The zero-order valence-electron chi connectivity index (χ0n) is 19.0. The lowest BCUT2D eigenvalue weighted by molar-refractivity contribution is -0.172. The number of ether oxygens (including phenoxy) is 4. The van der Waals surface area contributed by atoms with Gasteiger partial charge < -0.3 is 23.8 Å². The fourth-order valence-corrected chi connectivity index (χ4v) is 8.25. The van der Waals surface area contributed by atoms with Crippen LogP contribution in [-0.4, -0.2) is 22.8 Å². The Labute approximate surface area is 230 Å². The van der Waals surface area contributed by atoms with E-state index in [0.717, 1.165) is 29.3 Å². The molecule has 7 heterocycles. The standard InChI is InChI=1S/C25H13NO8S4/c27-17-5-6-18(28)26(17)34-25(29)16-4-2-14(37-16)13-1-3-15(36-13)22-20-21(33-10-9-32-20)24(38-22)23-19-12(11-35-23)30-7-8-31-19/h1-4,7-11H,5-6H2. The first-order valence-corrected chi connectivity index (χ1v) is 14.4. The highest BCUT2D eigenvalue weighted by Gasteiger charge is 2.34. The van der Waals surface area contributed by atoms with Gasteiger partial charge in [-0.05, 0) is 24.3 Å². The van der Waals surface area contributed by atoms with E-state index >= 15 is 0 Å². The van der Waals surface area contributed by atoms with Gasteiger partial charge in [0.15, 0.2) is 23.0 Å². The first kappa shape index (κ1) is 23.2. The van der Waals surface area contributed by atoms with Gasteiger partial charge in [0, 0.05) is 32.9 Å². The number of amides is 2. The van der Waals surface area contributed by atoms with E-state index in [1.54, 1.807) is 6.07 Å². The number of hydrogen-bond acceptors (Lipinski definition) is 12. The predicted molar refractivity (Wildman–Crippen MR) is 142 cm³/mol. The van der Waals surface area contributed by atoms with Crippen LogP contribution in [0.4, 0.5) is 0 Å². The van der Waals surface area contributed by atoms with E-state index in [4.69, 9.17) is 23.8 Å². The van der Waals surface area contributed by atoms with Crippen molar-refractivity contribution in [1.29, 1.82) is 0 Å². The minimum atomic E-state index is -0.740. The van der Waals surface area contributed by atoms with Crippen molar-refractivity contribution in [2.45, 2.75) is 12.8 Å². The lowest BCUT2D eigenvalue weighted by Crippen LogP contribution is -2.31. The molecule has 0 N–H and O–H groups in total. The Bertz CT molecular complexity index is 1670. The molecule has 1 saturated heterocycles. The molecule has 3 aliphatic rings. The lowest BCUT2D eigenvalue weighted by Gasteiger charge is -2.12. The van der Waals surface area contributed by atoms with Gasteiger partial charge in [0.05, 0.1) is 14.6 Å². The summed E-state index contributed by atoms with van der Waals surface area (Å²) in [7, 11) is 0. The molecule has 38 heavy (non-hydrogen) atoms. The Morgan fingerprint density at radius 1 is 0.711 bits per heavy atom. The molecule has 7 rings (SSSR count). The van der Waals surface area contributed by atoms with Crippen molar-refractivity contribution in [3.05, 3.63) is 59.6 Å². The third-order valence-electron chi connectivity index (χ3n) is 5.67. The molecule has 0 aromatic carbocycles. The molecule has 13 heteroatoms.